The van der Waals surface area contributed by atoms with Crippen LogP contribution >= 0.6 is 0 Å². The van der Waals surface area contributed by atoms with Crippen LogP contribution in [0.1, 0.15) is 30.5 Å². The number of nitriles is 1. The standard InChI is InChI=1S/C21H23N5O/c1-14(2)9-17-13-25-26-21(17)27-20-10-16(11-23)3-5-18(20)19-6-4-15(7-8-22)12-24-19/h3-6,10,12-14H,7-9,22H2,1-2H3,(H,25,26). The van der Waals surface area contributed by atoms with Crippen LogP contribution in [0, 0.1) is 17.2 Å². The number of nitrogens with zero attached hydrogens (tertiary/aromatic N) is 3. The van der Waals surface area contributed by atoms with Crippen molar-refractivity contribution in [1.29, 1.82) is 5.26 Å². The summed E-state index contributed by atoms with van der Waals surface area (Å²) in [5.41, 5.74) is 9.82. The molecule has 0 aliphatic carbocycles. The number of benzene rings is 1. The Balaban J connectivity index is 1.97. The van der Waals surface area contributed by atoms with Crippen LogP contribution in [0.15, 0.2) is 42.7 Å². The number of nitrogens with two attached hydrogens (primary N) is 1. The monoisotopic (exact) mass is 361 g/mol. The Bertz CT molecular complexity index is 938. The lowest BCUT2D eigenvalue weighted by Gasteiger charge is -2.12. The van der Waals surface area contributed by atoms with E-state index in [9.17, 15) is 5.26 Å². The van der Waals surface area contributed by atoms with Crippen molar-refractivity contribution in [3.05, 3.63) is 59.4 Å². The molecule has 2 aromatic heterocycles. The minimum atomic E-state index is 0.478. The molecule has 138 valence electrons. The van der Waals surface area contributed by atoms with E-state index in [0.717, 1.165) is 35.2 Å². The number of aromatic nitrogens is 3. The maximum absolute atomic E-state index is 9.27. The van der Waals surface area contributed by atoms with Gasteiger partial charge < -0.3 is 10.5 Å². The number of hydrogen-bond acceptors (Lipinski definition) is 5. The van der Waals surface area contributed by atoms with Crippen molar-refractivity contribution in [3.63, 3.8) is 0 Å². The lowest BCUT2D eigenvalue weighted by Crippen LogP contribution is -2.03. The third-order valence-corrected chi connectivity index (χ3v) is 4.16. The summed E-state index contributed by atoms with van der Waals surface area (Å²) in [7, 11) is 0. The van der Waals surface area contributed by atoms with E-state index in [1.165, 1.54) is 0 Å². The van der Waals surface area contributed by atoms with Gasteiger partial charge in [0.2, 0.25) is 5.88 Å². The first kappa shape index (κ1) is 18.6. The number of hydrogen-bond donors (Lipinski definition) is 2. The normalized spacial score (nSPS) is 10.8. The van der Waals surface area contributed by atoms with E-state index in [-0.39, 0.29) is 0 Å². The molecule has 0 aliphatic rings. The predicted octanol–water partition coefficient (Wildman–Crippen LogP) is 3.84. The lowest BCUT2D eigenvalue weighted by molar-refractivity contribution is 0.453. The summed E-state index contributed by atoms with van der Waals surface area (Å²) in [5.74, 6) is 1.65. The van der Waals surface area contributed by atoms with Crippen LogP contribution in [0.2, 0.25) is 0 Å². The maximum atomic E-state index is 9.27. The summed E-state index contributed by atoms with van der Waals surface area (Å²) in [6.45, 7) is 4.88. The number of aromatic amines is 1. The van der Waals surface area contributed by atoms with Gasteiger partial charge in [0.15, 0.2) is 0 Å². The quantitative estimate of drug-likeness (QED) is 0.666. The fourth-order valence-electron chi connectivity index (χ4n) is 2.87. The van der Waals surface area contributed by atoms with Crippen LogP contribution in [-0.2, 0) is 12.8 Å². The van der Waals surface area contributed by atoms with Gasteiger partial charge in [0.1, 0.15) is 5.75 Å². The van der Waals surface area contributed by atoms with Gasteiger partial charge in [0.25, 0.3) is 0 Å². The highest BCUT2D eigenvalue weighted by Crippen LogP contribution is 2.34. The zero-order valence-electron chi connectivity index (χ0n) is 15.6. The molecule has 0 saturated heterocycles. The van der Waals surface area contributed by atoms with Crippen LogP contribution in [0.3, 0.4) is 0 Å². The van der Waals surface area contributed by atoms with E-state index in [4.69, 9.17) is 10.5 Å². The highest BCUT2D eigenvalue weighted by molar-refractivity contribution is 5.69. The molecule has 3 aromatic rings. The average Bonchev–Trinajstić information content (AvgIpc) is 3.08. The zero-order valence-corrected chi connectivity index (χ0v) is 15.6. The molecule has 0 aliphatic heterocycles. The van der Waals surface area contributed by atoms with Crippen molar-refractivity contribution in [3.8, 4) is 29.0 Å². The number of nitrogens with one attached hydrogen (secondary N) is 1. The van der Waals surface area contributed by atoms with E-state index in [2.05, 4.69) is 35.1 Å². The van der Waals surface area contributed by atoms with Crippen LogP contribution in [-0.4, -0.2) is 21.7 Å². The fourth-order valence-corrected chi connectivity index (χ4v) is 2.87. The van der Waals surface area contributed by atoms with Crippen LogP contribution in [0.25, 0.3) is 11.3 Å². The molecule has 0 bridgehead atoms. The molecule has 0 radical (unpaired) electrons. The summed E-state index contributed by atoms with van der Waals surface area (Å²) in [4.78, 5) is 4.54. The lowest BCUT2D eigenvalue weighted by atomic mass is 10.1. The first-order valence-electron chi connectivity index (χ1n) is 9.00. The van der Waals surface area contributed by atoms with Gasteiger partial charge in [-0.15, -0.1) is 0 Å². The third-order valence-electron chi connectivity index (χ3n) is 4.16. The molecule has 0 saturated carbocycles. The topological polar surface area (TPSA) is 101 Å². The predicted molar refractivity (Wildman–Crippen MR) is 104 cm³/mol. The Morgan fingerprint density at radius 1 is 1.22 bits per heavy atom. The van der Waals surface area contributed by atoms with Crippen LogP contribution in [0.5, 0.6) is 11.6 Å². The summed E-state index contributed by atoms with van der Waals surface area (Å²) in [6.07, 6.45) is 5.25. The maximum Gasteiger partial charge on any atom is 0.218 e. The Labute approximate surface area is 159 Å². The van der Waals surface area contributed by atoms with Crippen molar-refractivity contribution in [2.45, 2.75) is 26.7 Å². The fraction of sp³-hybridized carbons (Fsp3) is 0.286. The van der Waals surface area contributed by atoms with Crippen LogP contribution < -0.4 is 10.5 Å². The molecule has 0 unspecified atom stereocenters. The highest BCUT2D eigenvalue weighted by Gasteiger charge is 2.14. The van der Waals surface area contributed by atoms with E-state index in [0.29, 0.717) is 29.7 Å². The van der Waals surface area contributed by atoms with E-state index in [1.54, 1.807) is 18.3 Å². The minimum Gasteiger partial charge on any atom is -0.438 e. The van der Waals surface area contributed by atoms with Crippen molar-refractivity contribution >= 4 is 0 Å². The molecule has 1 aromatic carbocycles. The Morgan fingerprint density at radius 2 is 2.07 bits per heavy atom. The summed E-state index contributed by atoms with van der Waals surface area (Å²) in [6, 6.07) is 11.5. The van der Waals surface area contributed by atoms with Crippen LogP contribution in [0.4, 0.5) is 0 Å². The van der Waals surface area contributed by atoms with Crippen molar-refractivity contribution in [2.75, 3.05) is 6.54 Å². The van der Waals surface area contributed by atoms with Gasteiger partial charge in [-0.25, -0.2) is 5.10 Å². The molecule has 0 amide bonds. The Hall–Kier alpha value is -3.17. The average molecular weight is 361 g/mol. The molecule has 6 heteroatoms. The van der Waals surface area contributed by atoms with Crippen molar-refractivity contribution in [2.24, 2.45) is 11.7 Å². The van der Waals surface area contributed by atoms with Gasteiger partial charge in [0, 0.05) is 17.3 Å². The van der Waals surface area contributed by atoms with E-state index < -0.39 is 0 Å². The summed E-state index contributed by atoms with van der Waals surface area (Å²) >= 11 is 0. The molecule has 6 nitrogen and oxygen atoms in total. The van der Waals surface area contributed by atoms with E-state index >= 15 is 0 Å². The second-order valence-corrected chi connectivity index (χ2v) is 6.84. The van der Waals surface area contributed by atoms with Gasteiger partial charge in [-0.2, -0.15) is 10.4 Å². The van der Waals surface area contributed by atoms with Gasteiger partial charge in [-0.3, -0.25) is 4.98 Å². The van der Waals surface area contributed by atoms with Gasteiger partial charge in [0.05, 0.1) is 23.5 Å². The second-order valence-electron chi connectivity index (χ2n) is 6.84. The number of rotatable bonds is 7. The first-order chi connectivity index (χ1) is 13.1. The number of pyridine rings is 1. The SMILES string of the molecule is CC(C)Cc1cn[nH]c1Oc1cc(C#N)ccc1-c1ccc(CCN)cn1. The van der Waals surface area contributed by atoms with Gasteiger partial charge >= 0.3 is 0 Å². The smallest absolute Gasteiger partial charge is 0.218 e. The van der Waals surface area contributed by atoms with Crippen molar-refractivity contribution in [1.82, 2.24) is 15.2 Å². The second kappa shape index (κ2) is 8.47. The number of ether oxygens (including phenoxy) is 1. The Kier molecular flexibility index (Phi) is 5.84. The summed E-state index contributed by atoms with van der Waals surface area (Å²) in [5, 5.41) is 16.3. The molecule has 3 rings (SSSR count). The molecular weight excluding hydrogens is 338 g/mol. The minimum absolute atomic E-state index is 0.478. The van der Waals surface area contributed by atoms with Crippen molar-refractivity contribution < 1.29 is 4.74 Å². The summed E-state index contributed by atoms with van der Waals surface area (Å²) < 4.78 is 6.13. The molecule has 0 fully saturated rings. The molecule has 0 atom stereocenters. The van der Waals surface area contributed by atoms with E-state index in [1.807, 2.05) is 24.4 Å². The molecule has 2 heterocycles. The zero-order chi connectivity index (χ0) is 19.2. The highest BCUT2D eigenvalue weighted by atomic mass is 16.5. The molecule has 3 N–H and O–H groups in total. The number of H-pyrrole nitrogens is 1. The molecule has 0 spiro atoms. The largest absolute Gasteiger partial charge is 0.438 e. The third kappa shape index (κ3) is 4.52. The molecular formula is C21H23N5O. The molecule has 27 heavy (non-hydrogen) atoms. The first-order valence-corrected chi connectivity index (χ1v) is 9.00. The van der Waals surface area contributed by atoms with Gasteiger partial charge in [-0.05, 0) is 55.1 Å². The Morgan fingerprint density at radius 3 is 2.74 bits per heavy atom. The van der Waals surface area contributed by atoms with Gasteiger partial charge in [-0.1, -0.05) is 19.9 Å².